The lowest BCUT2D eigenvalue weighted by Crippen LogP contribution is -2.50. The number of fused-ring (bicyclic) bond motifs is 1. The minimum absolute atomic E-state index is 0.526. The number of ether oxygens (including phenoxy) is 1. The molecule has 0 atom stereocenters. The van der Waals surface area contributed by atoms with Gasteiger partial charge in [-0.25, -0.2) is 4.98 Å². The van der Waals surface area contributed by atoms with Gasteiger partial charge in [0, 0.05) is 47.3 Å². The third-order valence-corrected chi connectivity index (χ3v) is 5.70. The van der Waals surface area contributed by atoms with Crippen molar-refractivity contribution in [2.45, 2.75) is 0 Å². The topological polar surface area (TPSA) is 40.6 Å². The summed E-state index contributed by atoms with van der Waals surface area (Å²) in [6.07, 6.45) is 0. The Morgan fingerprint density at radius 2 is 1.72 bits per heavy atom. The van der Waals surface area contributed by atoms with E-state index in [1.54, 1.807) is 13.2 Å². The van der Waals surface area contributed by atoms with Gasteiger partial charge in [0.25, 0.3) is 0 Å². The van der Waals surface area contributed by atoms with E-state index < -0.39 is 0 Å². The van der Waals surface area contributed by atoms with Crippen molar-refractivity contribution < 1.29 is 4.74 Å². The summed E-state index contributed by atoms with van der Waals surface area (Å²) in [4.78, 5) is 8.97. The van der Waals surface area contributed by atoms with Crippen molar-refractivity contribution in [1.29, 1.82) is 0 Å². The molecule has 29 heavy (non-hydrogen) atoms. The lowest BCUT2D eigenvalue weighted by molar-refractivity contribution is 0.389. The average molecular weight is 447 g/mol. The van der Waals surface area contributed by atoms with Gasteiger partial charge in [-0.3, -0.25) is 0 Å². The molecule has 0 aliphatic carbocycles. The molecule has 1 aromatic heterocycles. The van der Waals surface area contributed by atoms with E-state index in [9.17, 15) is 0 Å². The fourth-order valence-electron chi connectivity index (χ4n) is 3.43. The van der Waals surface area contributed by atoms with Crippen molar-refractivity contribution in [2.75, 3.05) is 43.5 Å². The number of nitrogens with one attached hydrogen (secondary N) is 1. The summed E-state index contributed by atoms with van der Waals surface area (Å²) < 4.78 is 5.45. The molecule has 2 heterocycles. The second-order valence-corrected chi connectivity index (χ2v) is 8.03. The molecule has 150 valence electrons. The highest BCUT2D eigenvalue weighted by atomic mass is 35.5. The highest BCUT2D eigenvalue weighted by Gasteiger charge is 2.21. The maximum Gasteiger partial charge on any atom is 0.238 e. The fraction of sp³-hybridized carbons (Fsp3) is 0.238. The lowest BCUT2D eigenvalue weighted by Gasteiger charge is -2.37. The number of thiocarbonyl (C=S) groups is 1. The Kier molecular flexibility index (Phi) is 5.94. The normalized spacial score (nSPS) is 14.2. The molecule has 3 aromatic rings. The largest absolute Gasteiger partial charge is 0.479 e. The number of nitrogens with zero attached hydrogens (tertiary/aromatic N) is 3. The molecule has 0 saturated carbocycles. The van der Waals surface area contributed by atoms with Crippen LogP contribution >= 0.6 is 35.4 Å². The monoisotopic (exact) mass is 446 g/mol. The third kappa shape index (κ3) is 4.50. The molecule has 0 radical (unpaired) electrons. The van der Waals surface area contributed by atoms with Crippen LogP contribution in [0.4, 0.5) is 11.4 Å². The third-order valence-electron chi connectivity index (χ3n) is 4.90. The number of methoxy groups -OCH3 is 1. The number of benzene rings is 2. The zero-order valence-electron chi connectivity index (χ0n) is 15.9. The summed E-state index contributed by atoms with van der Waals surface area (Å²) in [6.45, 7) is 3.23. The van der Waals surface area contributed by atoms with Gasteiger partial charge in [0.05, 0.1) is 12.6 Å². The lowest BCUT2D eigenvalue weighted by atomic mass is 10.2. The summed E-state index contributed by atoms with van der Waals surface area (Å²) >= 11 is 17.9. The number of aromatic nitrogens is 1. The number of piperazine rings is 1. The molecule has 0 amide bonds. The van der Waals surface area contributed by atoms with Crippen LogP contribution in [0.3, 0.4) is 0 Å². The Labute approximate surface area is 185 Å². The van der Waals surface area contributed by atoms with Gasteiger partial charge in [-0.2, -0.15) is 0 Å². The van der Waals surface area contributed by atoms with Crippen LogP contribution < -0.4 is 15.0 Å². The smallest absolute Gasteiger partial charge is 0.238 e. The second kappa shape index (κ2) is 8.61. The molecular weight excluding hydrogens is 427 g/mol. The van der Waals surface area contributed by atoms with Gasteiger partial charge < -0.3 is 19.9 Å². The number of anilines is 2. The van der Waals surface area contributed by atoms with Crippen molar-refractivity contribution in [2.24, 2.45) is 0 Å². The SMILES string of the molecule is COc1nc2ccccc2cc1NC(=S)N1CCN(c2cc(Cl)cc(Cl)c2)CC1. The van der Waals surface area contributed by atoms with Crippen LogP contribution in [0.2, 0.25) is 10.0 Å². The van der Waals surface area contributed by atoms with Gasteiger partial charge in [-0.1, -0.05) is 41.4 Å². The van der Waals surface area contributed by atoms with Gasteiger partial charge in [0.15, 0.2) is 5.11 Å². The van der Waals surface area contributed by atoms with E-state index in [0.717, 1.165) is 48.5 Å². The van der Waals surface area contributed by atoms with E-state index in [2.05, 4.69) is 20.1 Å². The maximum atomic E-state index is 6.14. The second-order valence-electron chi connectivity index (χ2n) is 6.77. The molecule has 0 spiro atoms. The molecule has 0 unspecified atom stereocenters. The van der Waals surface area contributed by atoms with Crippen LogP contribution in [0.25, 0.3) is 10.9 Å². The summed E-state index contributed by atoms with van der Waals surface area (Å²) in [5.74, 6) is 0.526. The van der Waals surface area contributed by atoms with Crippen molar-refractivity contribution in [3.63, 3.8) is 0 Å². The Morgan fingerprint density at radius 1 is 1.03 bits per heavy atom. The zero-order valence-corrected chi connectivity index (χ0v) is 18.2. The summed E-state index contributed by atoms with van der Waals surface area (Å²) in [5.41, 5.74) is 2.68. The number of para-hydroxylation sites is 1. The minimum atomic E-state index is 0.526. The van der Waals surface area contributed by atoms with Crippen molar-refractivity contribution in [3.8, 4) is 5.88 Å². The average Bonchev–Trinajstić information content (AvgIpc) is 2.72. The van der Waals surface area contributed by atoms with Crippen LogP contribution in [0.5, 0.6) is 5.88 Å². The number of hydrogen-bond donors (Lipinski definition) is 1. The van der Waals surface area contributed by atoms with Gasteiger partial charge in [-0.15, -0.1) is 0 Å². The van der Waals surface area contributed by atoms with Crippen molar-refractivity contribution in [1.82, 2.24) is 9.88 Å². The van der Waals surface area contributed by atoms with Crippen molar-refractivity contribution >= 4 is 62.8 Å². The number of halogens is 2. The van der Waals surface area contributed by atoms with Crippen LogP contribution in [0, 0.1) is 0 Å². The molecule has 1 aliphatic heterocycles. The van der Waals surface area contributed by atoms with Gasteiger partial charge in [0.1, 0.15) is 5.69 Å². The Morgan fingerprint density at radius 3 is 2.41 bits per heavy atom. The molecule has 4 rings (SSSR count). The zero-order chi connectivity index (χ0) is 20.4. The molecule has 1 saturated heterocycles. The summed E-state index contributed by atoms with van der Waals surface area (Å²) in [5, 5.41) is 6.27. The predicted molar refractivity (Wildman–Crippen MR) is 125 cm³/mol. The van der Waals surface area contributed by atoms with E-state index in [1.165, 1.54) is 0 Å². The van der Waals surface area contributed by atoms with Crippen LogP contribution in [0.15, 0.2) is 48.5 Å². The molecule has 5 nitrogen and oxygen atoms in total. The first-order valence-corrected chi connectivity index (χ1v) is 10.4. The standard InChI is InChI=1S/C21H20Cl2N4OS/c1-28-20-19(10-14-4-2-3-5-18(14)24-20)25-21(29)27-8-6-26(7-9-27)17-12-15(22)11-16(23)13-17/h2-5,10-13H,6-9H2,1H3,(H,25,29). The highest BCUT2D eigenvalue weighted by molar-refractivity contribution is 7.80. The first-order valence-electron chi connectivity index (χ1n) is 9.24. The van der Waals surface area contributed by atoms with Crippen LogP contribution in [-0.4, -0.2) is 48.3 Å². The molecule has 1 fully saturated rings. The van der Waals surface area contributed by atoms with Gasteiger partial charge >= 0.3 is 0 Å². The number of pyridine rings is 1. The predicted octanol–water partition coefficient (Wildman–Crippen LogP) is 5.07. The van der Waals surface area contributed by atoms with Gasteiger partial charge in [0.2, 0.25) is 5.88 Å². The van der Waals surface area contributed by atoms with E-state index in [-0.39, 0.29) is 0 Å². The molecule has 8 heteroatoms. The molecule has 2 aromatic carbocycles. The Balaban J connectivity index is 1.44. The molecule has 1 N–H and O–H groups in total. The van der Waals surface area contributed by atoms with Crippen molar-refractivity contribution in [3.05, 3.63) is 58.6 Å². The van der Waals surface area contributed by atoms with E-state index in [0.29, 0.717) is 21.0 Å². The maximum absolute atomic E-state index is 6.14. The fourth-order valence-corrected chi connectivity index (χ4v) is 4.23. The van der Waals surface area contributed by atoms with E-state index >= 15 is 0 Å². The van der Waals surface area contributed by atoms with E-state index in [1.807, 2.05) is 42.5 Å². The molecule has 0 bridgehead atoms. The van der Waals surface area contributed by atoms with E-state index in [4.69, 9.17) is 40.2 Å². The van der Waals surface area contributed by atoms with Gasteiger partial charge in [-0.05, 0) is 42.5 Å². The molecular formula is C21H20Cl2N4OS. The molecule has 1 aliphatic rings. The first-order chi connectivity index (χ1) is 14.0. The summed E-state index contributed by atoms with van der Waals surface area (Å²) in [7, 11) is 1.61. The Hall–Kier alpha value is -2.28. The Bertz CT molecular complexity index is 1030. The number of hydrogen-bond acceptors (Lipinski definition) is 4. The quantitative estimate of drug-likeness (QED) is 0.566. The number of rotatable bonds is 3. The summed E-state index contributed by atoms with van der Waals surface area (Å²) in [6, 6.07) is 15.5. The first kappa shape index (κ1) is 20.0. The van der Waals surface area contributed by atoms with Crippen LogP contribution in [0.1, 0.15) is 0 Å². The highest BCUT2D eigenvalue weighted by Crippen LogP contribution is 2.28. The van der Waals surface area contributed by atoms with Crippen LogP contribution in [-0.2, 0) is 0 Å². The minimum Gasteiger partial charge on any atom is -0.479 e.